The number of hydrogen-bond donors (Lipinski definition) is 1. The molecule has 0 unspecified atom stereocenters. The van der Waals surface area contributed by atoms with Crippen molar-refractivity contribution in [3.8, 4) is 0 Å². The number of likely N-dealkylation sites (tertiary alicyclic amines) is 1. The SMILES string of the molecule is CC(C)CN1CCC(Nc2cccc3c2CCCC3)CC1. The van der Waals surface area contributed by atoms with E-state index in [1.165, 1.54) is 63.8 Å². The Bertz CT molecular complexity index is 459. The van der Waals surface area contributed by atoms with Crippen LogP contribution < -0.4 is 5.32 Å². The lowest BCUT2D eigenvalue weighted by Crippen LogP contribution is -2.40. The Labute approximate surface area is 129 Å². The minimum atomic E-state index is 0.668. The largest absolute Gasteiger partial charge is 0.382 e. The van der Waals surface area contributed by atoms with Gasteiger partial charge in [0.2, 0.25) is 0 Å². The number of rotatable bonds is 4. The summed E-state index contributed by atoms with van der Waals surface area (Å²) in [6.07, 6.45) is 7.84. The Hall–Kier alpha value is -1.02. The van der Waals surface area contributed by atoms with E-state index in [2.05, 4.69) is 42.3 Å². The van der Waals surface area contributed by atoms with Gasteiger partial charge in [-0.1, -0.05) is 26.0 Å². The third kappa shape index (κ3) is 3.79. The number of hydrogen-bond acceptors (Lipinski definition) is 2. The van der Waals surface area contributed by atoms with Crippen LogP contribution in [0, 0.1) is 5.92 Å². The summed E-state index contributed by atoms with van der Waals surface area (Å²) in [5.74, 6) is 0.788. The number of nitrogens with zero attached hydrogens (tertiary/aromatic N) is 1. The molecular weight excluding hydrogens is 256 g/mol. The summed E-state index contributed by atoms with van der Waals surface area (Å²) in [6.45, 7) is 8.41. The van der Waals surface area contributed by atoms with Crippen molar-refractivity contribution in [3.63, 3.8) is 0 Å². The summed E-state index contributed by atoms with van der Waals surface area (Å²) >= 11 is 0. The molecule has 21 heavy (non-hydrogen) atoms. The maximum Gasteiger partial charge on any atom is 0.0377 e. The van der Waals surface area contributed by atoms with Gasteiger partial charge >= 0.3 is 0 Å². The van der Waals surface area contributed by atoms with E-state index in [0.29, 0.717) is 6.04 Å². The molecule has 0 amide bonds. The number of aryl methyl sites for hydroxylation is 1. The zero-order valence-electron chi connectivity index (χ0n) is 13.7. The van der Waals surface area contributed by atoms with Gasteiger partial charge in [0.1, 0.15) is 0 Å². The summed E-state index contributed by atoms with van der Waals surface area (Å²) in [5, 5.41) is 3.86. The van der Waals surface area contributed by atoms with E-state index in [0.717, 1.165) is 5.92 Å². The van der Waals surface area contributed by atoms with Crippen molar-refractivity contribution in [3.05, 3.63) is 29.3 Å². The van der Waals surface area contributed by atoms with E-state index >= 15 is 0 Å². The molecule has 1 heterocycles. The first-order chi connectivity index (χ1) is 10.2. The molecule has 3 rings (SSSR count). The van der Waals surface area contributed by atoms with Crippen molar-refractivity contribution in [2.45, 2.75) is 58.4 Å². The predicted molar refractivity (Wildman–Crippen MR) is 91.0 cm³/mol. The number of benzene rings is 1. The topological polar surface area (TPSA) is 15.3 Å². The van der Waals surface area contributed by atoms with Gasteiger partial charge in [-0.25, -0.2) is 0 Å². The molecule has 2 nitrogen and oxygen atoms in total. The van der Waals surface area contributed by atoms with Crippen LogP contribution in [0.4, 0.5) is 5.69 Å². The van der Waals surface area contributed by atoms with Crippen molar-refractivity contribution < 1.29 is 0 Å². The first kappa shape index (κ1) is 14.9. The summed E-state index contributed by atoms with van der Waals surface area (Å²) in [5.41, 5.74) is 4.62. The molecule has 0 spiro atoms. The second kappa shape index (κ2) is 6.83. The van der Waals surface area contributed by atoms with E-state index in [1.807, 2.05) is 0 Å². The molecule has 2 aliphatic rings. The van der Waals surface area contributed by atoms with Crippen molar-refractivity contribution in [2.75, 3.05) is 25.0 Å². The van der Waals surface area contributed by atoms with Crippen LogP contribution in [0.1, 0.15) is 50.7 Å². The quantitative estimate of drug-likeness (QED) is 0.896. The van der Waals surface area contributed by atoms with Gasteiger partial charge in [0, 0.05) is 31.4 Å². The predicted octanol–water partition coefficient (Wildman–Crippen LogP) is 4.10. The van der Waals surface area contributed by atoms with Crippen LogP contribution in [-0.2, 0) is 12.8 Å². The Balaban J connectivity index is 1.58. The van der Waals surface area contributed by atoms with Gasteiger partial charge in [-0.15, -0.1) is 0 Å². The third-order valence-corrected chi connectivity index (χ3v) is 4.97. The van der Waals surface area contributed by atoms with Gasteiger partial charge in [-0.2, -0.15) is 0 Å². The van der Waals surface area contributed by atoms with E-state index in [1.54, 1.807) is 11.1 Å². The fourth-order valence-electron chi connectivity index (χ4n) is 3.91. The summed E-state index contributed by atoms with van der Waals surface area (Å²) in [4.78, 5) is 2.63. The van der Waals surface area contributed by atoms with E-state index in [-0.39, 0.29) is 0 Å². The normalized spacial score (nSPS) is 20.5. The Morgan fingerprint density at radius 2 is 1.90 bits per heavy atom. The molecule has 0 radical (unpaired) electrons. The number of fused-ring (bicyclic) bond motifs is 1. The second-order valence-corrected chi connectivity index (χ2v) is 7.26. The molecule has 0 bridgehead atoms. The average Bonchev–Trinajstić information content (AvgIpc) is 2.49. The minimum absolute atomic E-state index is 0.668. The fraction of sp³-hybridized carbons (Fsp3) is 0.684. The molecular formula is C19H30N2. The van der Waals surface area contributed by atoms with Gasteiger partial charge in [0.15, 0.2) is 0 Å². The van der Waals surface area contributed by atoms with Gasteiger partial charge in [0.05, 0.1) is 0 Å². The Morgan fingerprint density at radius 1 is 1.14 bits per heavy atom. The highest BCUT2D eigenvalue weighted by atomic mass is 15.1. The molecule has 0 saturated carbocycles. The molecule has 1 aliphatic heterocycles. The van der Waals surface area contributed by atoms with Crippen molar-refractivity contribution in [1.82, 2.24) is 4.90 Å². The van der Waals surface area contributed by atoms with Crippen LogP contribution in [0.5, 0.6) is 0 Å². The first-order valence-corrected chi connectivity index (χ1v) is 8.82. The molecule has 1 fully saturated rings. The lowest BCUT2D eigenvalue weighted by atomic mass is 9.90. The Kier molecular flexibility index (Phi) is 4.84. The van der Waals surface area contributed by atoms with Crippen LogP contribution in [0.2, 0.25) is 0 Å². The molecule has 0 aromatic heterocycles. The van der Waals surface area contributed by atoms with Gasteiger partial charge in [0.25, 0.3) is 0 Å². The van der Waals surface area contributed by atoms with Crippen LogP contribution in [-0.4, -0.2) is 30.6 Å². The van der Waals surface area contributed by atoms with Gasteiger partial charge < -0.3 is 10.2 Å². The maximum atomic E-state index is 3.86. The summed E-state index contributed by atoms with van der Waals surface area (Å²) in [7, 11) is 0. The van der Waals surface area contributed by atoms with E-state index in [9.17, 15) is 0 Å². The molecule has 1 N–H and O–H groups in total. The highest BCUT2D eigenvalue weighted by Gasteiger charge is 2.21. The molecule has 1 aromatic carbocycles. The van der Waals surface area contributed by atoms with Crippen molar-refractivity contribution in [2.24, 2.45) is 5.92 Å². The van der Waals surface area contributed by atoms with Crippen molar-refractivity contribution >= 4 is 5.69 Å². The lowest BCUT2D eigenvalue weighted by Gasteiger charge is -2.34. The number of nitrogens with one attached hydrogen (secondary N) is 1. The van der Waals surface area contributed by atoms with Crippen LogP contribution in [0.25, 0.3) is 0 Å². The molecule has 1 aromatic rings. The second-order valence-electron chi connectivity index (χ2n) is 7.26. The zero-order valence-corrected chi connectivity index (χ0v) is 13.7. The third-order valence-electron chi connectivity index (χ3n) is 4.97. The highest BCUT2D eigenvalue weighted by molar-refractivity contribution is 5.56. The monoisotopic (exact) mass is 286 g/mol. The van der Waals surface area contributed by atoms with Crippen LogP contribution in [0.15, 0.2) is 18.2 Å². The van der Waals surface area contributed by atoms with Crippen molar-refractivity contribution in [1.29, 1.82) is 0 Å². The van der Waals surface area contributed by atoms with Crippen LogP contribution >= 0.6 is 0 Å². The van der Waals surface area contributed by atoms with Gasteiger partial charge in [-0.3, -0.25) is 0 Å². The standard InChI is InChI=1S/C19H30N2/c1-15(2)14-21-12-10-17(11-13-21)20-19-9-5-7-16-6-3-4-8-18(16)19/h5,7,9,15,17,20H,3-4,6,8,10-14H2,1-2H3. The minimum Gasteiger partial charge on any atom is -0.382 e. The number of piperidine rings is 1. The zero-order chi connectivity index (χ0) is 14.7. The molecule has 1 saturated heterocycles. The molecule has 1 aliphatic carbocycles. The van der Waals surface area contributed by atoms with E-state index < -0.39 is 0 Å². The summed E-state index contributed by atoms with van der Waals surface area (Å²) in [6, 6.07) is 7.53. The smallest absolute Gasteiger partial charge is 0.0377 e. The lowest BCUT2D eigenvalue weighted by molar-refractivity contribution is 0.198. The van der Waals surface area contributed by atoms with E-state index in [4.69, 9.17) is 0 Å². The highest BCUT2D eigenvalue weighted by Crippen LogP contribution is 2.29. The van der Waals surface area contributed by atoms with Crippen LogP contribution in [0.3, 0.4) is 0 Å². The number of anilines is 1. The molecule has 0 atom stereocenters. The Morgan fingerprint density at radius 3 is 2.67 bits per heavy atom. The molecule has 116 valence electrons. The molecule has 2 heteroatoms. The summed E-state index contributed by atoms with van der Waals surface area (Å²) < 4.78 is 0. The maximum absolute atomic E-state index is 3.86. The fourth-order valence-corrected chi connectivity index (χ4v) is 3.91. The first-order valence-electron chi connectivity index (χ1n) is 8.82. The average molecular weight is 286 g/mol. The van der Waals surface area contributed by atoms with Gasteiger partial charge in [-0.05, 0) is 61.6 Å².